The number of aliphatic carboxylic acids is 4. The van der Waals surface area contributed by atoms with Crippen molar-refractivity contribution >= 4 is 112 Å². The number of anilines is 2. The van der Waals surface area contributed by atoms with Crippen molar-refractivity contribution in [3.63, 3.8) is 0 Å². The fourth-order valence-electron chi connectivity index (χ4n) is 10.8. The topological polar surface area (TPSA) is 796 Å². The second kappa shape index (κ2) is 46.4. The third kappa shape index (κ3) is 29.5. The summed E-state index contributed by atoms with van der Waals surface area (Å²) in [5.74, 6) is -30.1. The molecule has 613 valence electrons. The number of carboxylic acids is 4. The highest BCUT2D eigenvalue weighted by Crippen LogP contribution is 2.26. The van der Waals surface area contributed by atoms with E-state index in [1.165, 1.54) is 30.5 Å². The van der Waals surface area contributed by atoms with Gasteiger partial charge in [-0.25, -0.2) is 14.8 Å². The van der Waals surface area contributed by atoms with Crippen LogP contribution in [0.15, 0.2) is 35.3 Å². The first-order chi connectivity index (χ1) is 51.7. The van der Waals surface area contributed by atoms with Crippen LogP contribution in [0.3, 0.4) is 0 Å². The van der Waals surface area contributed by atoms with Crippen LogP contribution < -0.4 is 43.2 Å². The van der Waals surface area contributed by atoms with Gasteiger partial charge in [0.2, 0.25) is 29.6 Å². The third-order valence-electron chi connectivity index (χ3n) is 17.2. The predicted molar refractivity (Wildman–Crippen MR) is 370 cm³/mol. The molecule has 0 bridgehead atoms. The Morgan fingerprint density at radius 3 is 1.19 bits per heavy atom. The van der Waals surface area contributed by atoms with Gasteiger partial charge in [0.1, 0.15) is 60.7 Å². The Bertz CT molecular complexity index is 3690. The van der Waals surface area contributed by atoms with Crippen molar-refractivity contribution in [3.8, 4) is 0 Å². The molecule has 0 aliphatic heterocycles. The smallest absolute Gasteiger partial charge is 0.326 e. The van der Waals surface area contributed by atoms with E-state index in [1.807, 2.05) is 16.0 Å². The zero-order chi connectivity index (χ0) is 83.1. The Kier molecular flexibility index (Phi) is 40.0. The summed E-state index contributed by atoms with van der Waals surface area (Å²) in [4.78, 5) is 202. The standard InChI is InChI=1S/C64H92N11O34S/c65-64-74-56-47(62(107)75-64)69-27(20-68-56)19-67-26-3-1-25(2-4-26)57(102)73-36(63(108)109)6-5-28(80)15-29(48(94)52(98)40(84)21-76)59(104)70-34(8-11-45(90)91)38(82)17-31(50(96)54(100)42(86)23-78)61(106)72-35(9-12-46(92)93)39(83)18-32(51(97)55(101)43(87)24-79)60(105)71-33(7-10-44(88)89)37(81)16-30(58(103)66-13-14-110)49(95)53(99)41(85)22-77/h1-4,13,20,29-36,40-43,48-55,67,76-79,84-87,94-101,110H,5-12,14-19,21-24H2,(H,66,103)(H,70,104)(H,71,105)(H,72,106)(H,73,102)(H,88,89)(H,90,91)(H,92,93)(H,108,109)(H3,65,68,74,75,107)/t29-,30-,31-,32-,33+,34+,35+,36+,40-,41-,42-,43-,48-,49-,50-,51-,52-,53-,54-,55-/m1/s1. The van der Waals surface area contributed by atoms with Crippen LogP contribution in [0.1, 0.15) is 93.1 Å². The van der Waals surface area contributed by atoms with E-state index in [2.05, 4.69) is 48.5 Å². The normalized spacial score (nSPS) is 17.1. The minimum Gasteiger partial charge on any atom is -0.481 e. The number of hydrogen-bond donors (Lipinski definition) is 29. The summed E-state index contributed by atoms with van der Waals surface area (Å²) in [7, 11) is 0. The number of ketones is 4. The first kappa shape index (κ1) is 94.9. The number of carbonyl (C=O) groups excluding carboxylic acids is 9. The van der Waals surface area contributed by atoms with Crippen molar-refractivity contribution < 1.29 is 164 Å². The maximum atomic E-state index is 14.6. The number of thiol groups is 1. The number of carbonyl (C=O) groups is 13. The van der Waals surface area contributed by atoms with Gasteiger partial charge >= 0.3 is 23.9 Å². The van der Waals surface area contributed by atoms with Gasteiger partial charge in [-0.3, -0.25) is 67.3 Å². The SMILES string of the molecule is Nc1nc2ncc(CNc3ccc(C(=O)N[C@@H](CCC(=O)C[C@@H](C(=O)N[C@@H](CCC(=O)O)C(=O)C[C@@H](C(=O)N[C@@H](CCC(=O)O)C(=O)C[C@@H](C(=O)N[C@@H](CCC(=O)O)C(=O)C[C@@H](C(=O)N[CH]CS)[C@@H](O)[C@H](O)[C@H](O)CO)[C@@H](O)[C@H](O)[C@H](O)CO)[C@@H](O)[C@H](O)[C@H](O)CO)[C@@H](O)[C@H](O)[C@H](O)CO)C(=O)O)cc3)nc2c(=O)[nH]1. The molecule has 29 N–H and O–H groups in total. The van der Waals surface area contributed by atoms with Gasteiger partial charge in [-0.2, -0.15) is 17.6 Å². The Labute approximate surface area is 627 Å². The summed E-state index contributed by atoms with van der Waals surface area (Å²) in [6.45, 7) is -4.34. The fourth-order valence-corrected chi connectivity index (χ4v) is 10.9. The van der Waals surface area contributed by atoms with E-state index >= 15 is 0 Å². The molecule has 0 aliphatic carbocycles. The number of aliphatic hydroxyl groups excluding tert-OH is 16. The predicted octanol–water partition coefficient (Wildman–Crippen LogP) is -11.3. The summed E-state index contributed by atoms with van der Waals surface area (Å²) < 4.78 is 0. The van der Waals surface area contributed by atoms with Crippen LogP contribution in [0.5, 0.6) is 0 Å². The average molecular weight is 1590 g/mol. The number of aromatic amines is 1. The number of nitrogen functional groups attached to an aromatic ring is 1. The number of H-pyrrole nitrogens is 1. The molecule has 5 amide bonds. The quantitative estimate of drug-likeness (QED) is 0.0233. The molecule has 2 aromatic heterocycles. The highest BCUT2D eigenvalue weighted by atomic mass is 32.1. The summed E-state index contributed by atoms with van der Waals surface area (Å²) >= 11 is 3.88. The molecule has 0 saturated heterocycles. The zero-order valence-electron chi connectivity index (χ0n) is 58.3. The number of nitrogens with one attached hydrogen (secondary N) is 7. The van der Waals surface area contributed by atoms with Crippen molar-refractivity contribution in [2.45, 2.75) is 181 Å². The number of fused-ring (bicyclic) bond motifs is 1. The Morgan fingerprint density at radius 1 is 0.473 bits per heavy atom. The number of amides is 5. The number of nitrogens with zero attached hydrogens (tertiary/aromatic N) is 3. The molecule has 110 heavy (non-hydrogen) atoms. The van der Waals surface area contributed by atoms with E-state index in [0.29, 0.717) is 5.69 Å². The molecule has 0 spiro atoms. The van der Waals surface area contributed by atoms with E-state index < -0.39 is 307 Å². The maximum absolute atomic E-state index is 14.6. The fraction of sp³-hybridized carbons (Fsp3) is 0.594. The lowest BCUT2D eigenvalue weighted by atomic mass is 9.84. The van der Waals surface area contributed by atoms with Crippen LogP contribution in [0.25, 0.3) is 11.2 Å². The molecule has 0 fully saturated rings. The van der Waals surface area contributed by atoms with Crippen LogP contribution in [-0.2, 0) is 64.1 Å². The number of aliphatic hydroxyl groups is 16. The number of carboxylic acid groups (broad SMARTS) is 4. The van der Waals surface area contributed by atoms with Crippen molar-refractivity contribution in [2.75, 3.05) is 43.2 Å². The highest BCUT2D eigenvalue weighted by Gasteiger charge is 2.45. The molecule has 3 aromatic rings. The molecular formula is C64H92N11O34S. The van der Waals surface area contributed by atoms with Crippen molar-refractivity contribution in [1.82, 2.24) is 46.5 Å². The van der Waals surface area contributed by atoms with Gasteiger partial charge in [-0.15, -0.1) is 0 Å². The number of hydrogen-bond acceptors (Lipinski definition) is 36. The van der Waals surface area contributed by atoms with Crippen LogP contribution in [0, 0.1) is 30.2 Å². The van der Waals surface area contributed by atoms with Gasteiger partial charge in [0.05, 0.1) is 118 Å². The molecular weight excluding hydrogens is 1500 g/mol. The van der Waals surface area contributed by atoms with Gasteiger partial charge in [0.25, 0.3) is 11.5 Å². The van der Waals surface area contributed by atoms with Crippen LogP contribution in [0.4, 0.5) is 11.6 Å². The minimum atomic E-state index is -2.83. The minimum absolute atomic E-state index is 0.00373. The van der Waals surface area contributed by atoms with Crippen molar-refractivity contribution in [2.24, 2.45) is 23.7 Å². The third-order valence-corrected chi connectivity index (χ3v) is 17.4. The Morgan fingerprint density at radius 2 is 0.836 bits per heavy atom. The van der Waals surface area contributed by atoms with Gasteiger partial charge in [0, 0.05) is 68.4 Å². The first-order valence-corrected chi connectivity index (χ1v) is 34.2. The lowest BCUT2D eigenvalue weighted by molar-refractivity contribution is -0.148. The lowest BCUT2D eigenvalue weighted by Gasteiger charge is -2.32. The van der Waals surface area contributed by atoms with Crippen molar-refractivity contribution in [1.29, 1.82) is 0 Å². The highest BCUT2D eigenvalue weighted by molar-refractivity contribution is 7.80. The molecule has 1 aromatic carbocycles. The van der Waals surface area contributed by atoms with Crippen LogP contribution in [0.2, 0.25) is 0 Å². The van der Waals surface area contributed by atoms with Gasteiger partial charge < -0.3 is 140 Å². The second-order valence-electron chi connectivity index (χ2n) is 25.3. The molecule has 1 radical (unpaired) electrons. The largest absolute Gasteiger partial charge is 0.481 e. The molecule has 0 unspecified atom stereocenters. The number of Topliss-reactive ketones (excluding diaryl/α,β-unsaturated/α-hetero) is 4. The van der Waals surface area contributed by atoms with Gasteiger partial charge in [0.15, 0.2) is 28.5 Å². The average Bonchev–Trinajstić information content (AvgIpc) is 0.825. The summed E-state index contributed by atoms with van der Waals surface area (Å²) in [6.07, 6.45) is -42.5. The molecule has 3 rings (SSSR count). The van der Waals surface area contributed by atoms with Crippen LogP contribution in [-0.4, -0.2) is 328 Å². The van der Waals surface area contributed by atoms with E-state index in [9.17, 15) is 169 Å². The van der Waals surface area contributed by atoms with E-state index in [4.69, 9.17) is 5.73 Å². The molecule has 20 atom stereocenters. The second-order valence-corrected chi connectivity index (χ2v) is 25.7. The number of aromatic nitrogens is 4. The zero-order valence-corrected chi connectivity index (χ0v) is 59.2. The number of nitrogens with two attached hydrogens (primary N) is 1. The molecule has 45 nitrogen and oxygen atoms in total. The monoisotopic (exact) mass is 1590 g/mol. The molecule has 2 heterocycles. The van der Waals surface area contributed by atoms with Crippen LogP contribution >= 0.6 is 12.6 Å². The first-order valence-electron chi connectivity index (χ1n) is 33.6. The maximum Gasteiger partial charge on any atom is 0.326 e. The molecule has 0 aliphatic rings. The number of benzene rings is 1. The van der Waals surface area contributed by atoms with E-state index in [1.54, 1.807) is 0 Å². The molecule has 0 saturated carbocycles. The van der Waals surface area contributed by atoms with E-state index in [0.717, 1.165) is 6.54 Å². The number of rotatable bonds is 54. The lowest BCUT2D eigenvalue weighted by Crippen LogP contribution is -2.55. The summed E-state index contributed by atoms with van der Waals surface area (Å²) in [5, 5.41) is 220. The van der Waals surface area contributed by atoms with E-state index in [-0.39, 0.29) is 40.7 Å². The Hall–Kier alpha value is -9.34. The molecule has 46 heteroatoms. The summed E-state index contributed by atoms with van der Waals surface area (Å²) in [5.41, 5.74) is 5.34. The summed E-state index contributed by atoms with van der Waals surface area (Å²) in [6, 6.07) is -3.39. The van der Waals surface area contributed by atoms with Gasteiger partial charge in [-0.05, 0) is 49.9 Å². The van der Waals surface area contributed by atoms with Crippen molar-refractivity contribution in [3.05, 3.63) is 58.6 Å². The van der Waals surface area contributed by atoms with Gasteiger partial charge in [-0.1, -0.05) is 0 Å². The Balaban J connectivity index is 2.03.